The lowest BCUT2D eigenvalue weighted by atomic mass is 9.89. The Balaban J connectivity index is 2.70. The number of benzene rings is 2. The normalized spacial score (nSPS) is 12.3. The van der Waals surface area contributed by atoms with E-state index in [1.54, 1.807) is 30.5 Å². The number of allylic oxidation sites excluding steroid dienone is 2. The van der Waals surface area contributed by atoms with Gasteiger partial charge in [-0.1, -0.05) is 53.7 Å². The molecule has 2 aromatic rings. The maximum Gasteiger partial charge on any atom is 0.416 e. The van der Waals surface area contributed by atoms with Gasteiger partial charge in [-0.25, -0.2) is 0 Å². The van der Waals surface area contributed by atoms with Gasteiger partial charge in [0.1, 0.15) is 6.07 Å². The summed E-state index contributed by atoms with van der Waals surface area (Å²) in [5.74, 6) is 0. The van der Waals surface area contributed by atoms with Crippen LogP contribution in [0.25, 0.3) is 11.1 Å². The van der Waals surface area contributed by atoms with E-state index in [1.807, 2.05) is 6.07 Å². The standard InChI is InChI=1S/C20H15ClF3NOS/c1-27-19(26)11-10-15(16-4-2-3-5-18(16)20(22,23)24)17(12-25)13-6-8-14(21)9-7-13/h2-9H,10-11H2,1H3/b17-15+. The van der Waals surface area contributed by atoms with Crippen molar-refractivity contribution in [3.63, 3.8) is 0 Å². The number of thioether (sulfide) groups is 1. The molecule has 0 spiro atoms. The van der Waals surface area contributed by atoms with E-state index < -0.39 is 11.7 Å². The summed E-state index contributed by atoms with van der Waals surface area (Å²) >= 11 is 6.87. The first-order valence-electron chi connectivity index (χ1n) is 7.90. The highest BCUT2D eigenvalue weighted by molar-refractivity contribution is 8.13. The molecule has 2 rings (SSSR count). The minimum absolute atomic E-state index is 0.0261. The Morgan fingerprint density at radius 1 is 1.11 bits per heavy atom. The van der Waals surface area contributed by atoms with E-state index in [1.165, 1.54) is 18.2 Å². The molecule has 7 heteroatoms. The zero-order valence-electron chi connectivity index (χ0n) is 14.3. The van der Waals surface area contributed by atoms with Crippen molar-refractivity contribution in [3.8, 4) is 6.07 Å². The Bertz CT molecular complexity index is 899. The van der Waals surface area contributed by atoms with E-state index >= 15 is 0 Å². The molecule has 0 heterocycles. The van der Waals surface area contributed by atoms with Gasteiger partial charge in [-0.15, -0.1) is 0 Å². The van der Waals surface area contributed by atoms with Gasteiger partial charge in [0.05, 0.1) is 11.1 Å². The summed E-state index contributed by atoms with van der Waals surface area (Å²) < 4.78 is 40.5. The number of carbonyl (C=O) groups excluding carboxylic acids is 1. The van der Waals surface area contributed by atoms with Crippen LogP contribution in [0.5, 0.6) is 0 Å². The Kier molecular flexibility index (Phi) is 7.11. The highest BCUT2D eigenvalue weighted by Gasteiger charge is 2.34. The lowest BCUT2D eigenvalue weighted by molar-refractivity contribution is -0.137. The molecule has 2 aromatic carbocycles. The number of alkyl halides is 3. The number of hydrogen-bond donors (Lipinski definition) is 0. The number of nitrogens with zero attached hydrogens (tertiary/aromatic N) is 1. The molecule has 0 radical (unpaired) electrons. The van der Waals surface area contributed by atoms with Crippen LogP contribution in [0.15, 0.2) is 48.5 Å². The average Bonchev–Trinajstić information content (AvgIpc) is 2.65. The quantitative estimate of drug-likeness (QED) is 0.420. The topological polar surface area (TPSA) is 40.9 Å². The zero-order valence-corrected chi connectivity index (χ0v) is 15.9. The maximum absolute atomic E-state index is 13.5. The maximum atomic E-state index is 13.5. The summed E-state index contributed by atoms with van der Waals surface area (Å²) in [4.78, 5) is 11.7. The van der Waals surface area contributed by atoms with E-state index in [0.29, 0.717) is 10.6 Å². The smallest absolute Gasteiger partial charge is 0.287 e. The molecule has 0 saturated heterocycles. The molecule has 0 N–H and O–H groups in total. The molecule has 0 amide bonds. The van der Waals surface area contributed by atoms with Gasteiger partial charge in [-0.3, -0.25) is 4.79 Å². The second-order valence-corrected chi connectivity index (χ2v) is 6.89. The Labute approximate surface area is 164 Å². The van der Waals surface area contributed by atoms with Crippen LogP contribution in [0, 0.1) is 11.3 Å². The first-order chi connectivity index (χ1) is 12.8. The molecule has 0 bridgehead atoms. The third kappa shape index (κ3) is 5.38. The Morgan fingerprint density at radius 2 is 1.74 bits per heavy atom. The summed E-state index contributed by atoms with van der Waals surface area (Å²) in [6.07, 6.45) is -2.91. The molecule has 0 fully saturated rings. The van der Waals surface area contributed by atoms with Crippen molar-refractivity contribution in [2.24, 2.45) is 0 Å². The van der Waals surface area contributed by atoms with Gasteiger partial charge in [0.25, 0.3) is 0 Å². The van der Waals surface area contributed by atoms with Gasteiger partial charge in [0, 0.05) is 11.4 Å². The lowest BCUT2D eigenvalue weighted by Gasteiger charge is -2.17. The van der Waals surface area contributed by atoms with Crippen LogP contribution in [0.4, 0.5) is 13.2 Å². The van der Waals surface area contributed by atoms with E-state index in [0.717, 1.165) is 17.8 Å². The van der Waals surface area contributed by atoms with Gasteiger partial charge in [-0.05, 0) is 47.6 Å². The minimum atomic E-state index is -4.58. The molecular formula is C20H15ClF3NOS. The summed E-state index contributed by atoms with van der Waals surface area (Å²) in [5, 5.41) is 9.97. The molecule has 0 aromatic heterocycles. The van der Waals surface area contributed by atoms with Crippen molar-refractivity contribution in [1.29, 1.82) is 5.26 Å². The fraction of sp³-hybridized carbons (Fsp3) is 0.200. The fourth-order valence-electron chi connectivity index (χ4n) is 2.64. The van der Waals surface area contributed by atoms with Crippen molar-refractivity contribution in [2.75, 3.05) is 6.26 Å². The van der Waals surface area contributed by atoms with Crippen LogP contribution < -0.4 is 0 Å². The number of halogens is 4. The van der Waals surface area contributed by atoms with Crippen LogP contribution in [-0.2, 0) is 11.0 Å². The molecule has 0 aliphatic carbocycles. The Hall–Kier alpha value is -2.23. The van der Waals surface area contributed by atoms with Crippen molar-refractivity contribution in [3.05, 3.63) is 70.2 Å². The monoisotopic (exact) mass is 409 g/mol. The van der Waals surface area contributed by atoms with Crippen molar-refractivity contribution in [1.82, 2.24) is 0 Å². The molecule has 0 aliphatic rings. The second-order valence-electron chi connectivity index (χ2n) is 5.59. The lowest BCUT2D eigenvalue weighted by Crippen LogP contribution is -2.09. The largest absolute Gasteiger partial charge is 0.416 e. The van der Waals surface area contributed by atoms with Crippen LogP contribution in [0.3, 0.4) is 0 Å². The van der Waals surface area contributed by atoms with Gasteiger partial charge < -0.3 is 0 Å². The summed E-state index contributed by atoms with van der Waals surface area (Å²) in [5.41, 5.74) is -0.193. The number of nitriles is 1. The molecule has 2 nitrogen and oxygen atoms in total. The zero-order chi connectivity index (χ0) is 20.0. The van der Waals surface area contributed by atoms with Crippen molar-refractivity contribution >= 4 is 39.6 Å². The highest BCUT2D eigenvalue weighted by atomic mass is 35.5. The van der Waals surface area contributed by atoms with Gasteiger partial charge in [0.15, 0.2) is 5.12 Å². The van der Waals surface area contributed by atoms with Gasteiger partial charge >= 0.3 is 6.18 Å². The van der Waals surface area contributed by atoms with E-state index in [2.05, 4.69) is 0 Å². The van der Waals surface area contributed by atoms with Crippen molar-refractivity contribution in [2.45, 2.75) is 19.0 Å². The SMILES string of the molecule is CSC(=O)CC/C(=C(/C#N)c1ccc(Cl)cc1)c1ccccc1C(F)(F)F. The van der Waals surface area contributed by atoms with Gasteiger partial charge in [-0.2, -0.15) is 18.4 Å². The third-order valence-corrected chi connectivity index (χ3v) is 4.82. The minimum Gasteiger partial charge on any atom is -0.287 e. The molecule has 27 heavy (non-hydrogen) atoms. The van der Waals surface area contributed by atoms with Crippen molar-refractivity contribution < 1.29 is 18.0 Å². The Morgan fingerprint density at radius 3 is 2.30 bits per heavy atom. The van der Waals surface area contributed by atoms with Crippen LogP contribution in [0.1, 0.15) is 29.5 Å². The van der Waals surface area contributed by atoms with E-state index in [-0.39, 0.29) is 34.7 Å². The number of carbonyl (C=O) groups is 1. The molecule has 0 saturated carbocycles. The predicted molar refractivity (Wildman–Crippen MR) is 103 cm³/mol. The third-order valence-electron chi connectivity index (χ3n) is 3.91. The molecule has 0 unspecified atom stereocenters. The molecule has 0 atom stereocenters. The van der Waals surface area contributed by atoms with E-state index in [9.17, 15) is 23.2 Å². The first kappa shape index (κ1) is 21.1. The average molecular weight is 410 g/mol. The summed E-state index contributed by atoms with van der Waals surface area (Å²) in [6.45, 7) is 0. The predicted octanol–water partition coefficient (Wildman–Crippen LogP) is 6.46. The number of hydrogen-bond acceptors (Lipinski definition) is 3. The molecular weight excluding hydrogens is 395 g/mol. The summed E-state index contributed by atoms with van der Waals surface area (Å²) in [6, 6.07) is 13.4. The van der Waals surface area contributed by atoms with Crippen LogP contribution in [-0.4, -0.2) is 11.4 Å². The summed E-state index contributed by atoms with van der Waals surface area (Å²) in [7, 11) is 0. The number of rotatable bonds is 5. The van der Waals surface area contributed by atoms with Gasteiger partial charge in [0.2, 0.25) is 0 Å². The molecule has 0 aliphatic heterocycles. The van der Waals surface area contributed by atoms with Crippen LogP contribution >= 0.6 is 23.4 Å². The van der Waals surface area contributed by atoms with Crippen LogP contribution in [0.2, 0.25) is 5.02 Å². The second kappa shape index (κ2) is 9.12. The van der Waals surface area contributed by atoms with E-state index in [4.69, 9.17) is 11.6 Å². The first-order valence-corrected chi connectivity index (χ1v) is 9.50. The fourth-order valence-corrected chi connectivity index (χ4v) is 3.07. The molecule has 140 valence electrons. The highest BCUT2D eigenvalue weighted by Crippen LogP contribution is 2.39.